The Morgan fingerprint density at radius 1 is 1.00 bits per heavy atom. The number of fused-ring (bicyclic) bond motifs is 2. The Morgan fingerprint density at radius 2 is 1.90 bits per heavy atom. The van der Waals surface area contributed by atoms with Gasteiger partial charge in [0.15, 0.2) is 0 Å². The van der Waals surface area contributed by atoms with E-state index in [1.807, 2.05) is 60.7 Å². The van der Waals surface area contributed by atoms with Crippen LogP contribution in [-0.4, -0.2) is 65.4 Å². The van der Waals surface area contributed by atoms with Crippen molar-refractivity contribution in [1.82, 2.24) is 20.1 Å². The van der Waals surface area contributed by atoms with E-state index >= 15 is 0 Å². The molecule has 1 atom stereocenters. The van der Waals surface area contributed by atoms with Crippen molar-refractivity contribution in [3.63, 3.8) is 0 Å². The highest BCUT2D eigenvalue weighted by molar-refractivity contribution is 5.96. The molecule has 146 valence electrons. The van der Waals surface area contributed by atoms with Crippen LogP contribution in [-0.2, 0) is 4.79 Å². The zero-order valence-corrected chi connectivity index (χ0v) is 16.0. The third-order valence-corrected chi connectivity index (χ3v) is 5.78. The summed E-state index contributed by atoms with van der Waals surface area (Å²) >= 11 is 0. The van der Waals surface area contributed by atoms with E-state index in [2.05, 4.69) is 10.2 Å². The summed E-state index contributed by atoms with van der Waals surface area (Å²) in [5, 5.41) is 3.99. The molecule has 2 saturated heterocycles. The molecule has 2 aromatic carbocycles. The van der Waals surface area contributed by atoms with Gasteiger partial charge in [-0.3, -0.25) is 14.5 Å². The summed E-state index contributed by atoms with van der Waals surface area (Å²) in [5.74, 6) is -0.0199. The first-order chi connectivity index (χ1) is 14.2. The largest absolute Gasteiger partial charge is 0.353 e. The number of pyridine rings is 1. The Bertz CT molecular complexity index is 1100. The number of hydrogen-bond acceptors (Lipinski definition) is 4. The Morgan fingerprint density at radius 3 is 2.83 bits per heavy atom. The minimum Gasteiger partial charge on any atom is -0.353 e. The van der Waals surface area contributed by atoms with Crippen LogP contribution in [0.4, 0.5) is 0 Å². The van der Waals surface area contributed by atoms with Gasteiger partial charge >= 0.3 is 0 Å². The van der Waals surface area contributed by atoms with Crippen LogP contribution < -0.4 is 5.32 Å². The zero-order valence-electron chi connectivity index (χ0n) is 16.0. The van der Waals surface area contributed by atoms with E-state index in [0.29, 0.717) is 25.2 Å². The predicted molar refractivity (Wildman–Crippen MR) is 111 cm³/mol. The van der Waals surface area contributed by atoms with Crippen LogP contribution in [0.25, 0.3) is 22.2 Å². The molecule has 1 aromatic heterocycles. The maximum Gasteiger partial charge on any atom is 0.253 e. The number of nitrogens with one attached hydrogen (secondary N) is 1. The summed E-state index contributed by atoms with van der Waals surface area (Å²) in [7, 11) is 0. The Labute approximate surface area is 169 Å². The Hall–Kier alpha value is -3.25. The lowest BCUT2D eigenvalue weighted by Gasteiger charge is -2.43. The lowest BCUT2D eigenvalue weighted by Crippen LogP contribution is -2.64. The molecule has 5 rings (SSSR count). The van der Waals surface area contributed by atoms with Crippen LogP contribution in [0.3, 0.4) is 0 Å². The third kappa shape index (κ3) is 3.36. The molecule has 29 heavy (non-hydrogen) atoms. The number of carbonyl (C=O) groups excluding carboxylic acids is 2. The number of amides is 2. The molecule has 3 aromatic rings. The quantitative estimate of drug-likeness (QED) is 0.733. The first-order valence-electron chi connectivity index (χ1n) is 9.96. The highest BCUT2D eigenvalue weighted by Gasteiger charge is 2.36. The van der Waals surface area contributed by atoms with Gasteiger partial charge in [-0.25, -0.2) is 4.98 Å². The van der Waals surface area contributed by atoms with Gasteiger partial charge < -0.3 is 10.2 Å². The van der Waals surface area contributed by atoms with Crippen molar-refractivity contribution < 1.29 is 9.59 Å². The average Bonchev–Trinajstić information content (AvgIpc) is 2.78. The van der Waals surface area contributed by atoms with Crippen molar-refractivity contribution in [2.45, 2.75) is 6.04 Å². The molecular weight excluding hydrogens is 364 g/mol. The molecule has 0 saturated carbocycles. The van der Waals surface area contributed by atoms with E-state index in [0.717, 1.165) is 35.2 Å². The summed E-state index contributed by atoms with van der Waals surface area (Å²) in [6.07, 6.45) is 0. The van der Waals surface area contributed by atoms with Gasteiger partial charge in [0.05, 0.1) is 11.2 Å². The number of para-hydroxylation sites is 1. The molecule has 2 amide bonds. The van der Waals surface area contributed by atoms with Crippen molar-refractivity contribution in [3.05, 3.63) is 66.2 Å². The first-order valence-corrected chi connectivity index (χ1v) is 9.96. The predicted octanol–water partition coefficient (Wildman–Crippen LogP) is 2.16. The van der Waals surface area contributed by atoms with Gasteiger partial charge in [0.2, 0.25) is 5.91 Å². The van der Waals surface area contributed by atoms with E-state index in [-0.39, 0.29) is 17.9 Å². The summed E-state index contributed by atoms with van der Waals surface area (Å²) < 4.78 is 0. The molecule has 6 heteroatoms. The molecule has 3 heterocycles. The fraction of sp³-hybridized carbons (Fsp3) is 0.261. The molecule has 0 aliphatic carbocycles. The van der Waals surface area contributed by atoms with Gasteiger partial charge in [0.25, 0.3) is 5.91 Å². The van der Waals surface area contributed by atoms with E-state index < -0.39 is 0 Å². The van der Waals surface area contributed by atoms with Crippen molar-refractivity contribution >= 4 is 22.7 Å². The van der Waals surface area contributed by atoms with Crippen LogP contribution in [0.1, 0.15) is 10.4 Å². The number of nitrogens with zero attached hydrogens (tertiary/aromatic N) is 3. The molecule has 2 fully saturated rings. The molecule has 0 bridgehead atoms. The van der Waals surface area contributed by atoms with Crippen LogP contribution >= 0.6 is 0 Å². The molecule has 1 N–H and O–H groups in total. The van der Waals surface area contributed by atoms with E-state index in [1.54, 1.807) is 4.90 Å². The molecule has 0 spiro atoms. The average molecular weight is 386 g/mol. The lowest BCUT2D eigenvalue weighted by atomic mass is 10.0. The fourth-order valence-corrected chi connectivity index (χ4v) is 4.18. The zero-order chi connectivity index (χ0) is 19.8. The van der Waals surface area contributed by atoms with Crippen molar-refractivity contribution in [3.8, 4) is 11.3 Å². The normalized spacial score (nSPS) is 19.7. The number of rotatable bonds is 2. The van der Waals surface area contributed by atoms with E-state index in [9.17, 15) is 9.59 Å². The van der Waals surface area contributed by atoms with Crippen molar-refractivity contribution in [2.75, 3.05) is 32.7 Å². The molecular formula is C23H22N4O2. The van der Waals surface area contributed by atoms with E-state index in [1.165, 1.54) is 0 Å². The summed E-state index contributed by atoms with van der Waals surface area (Å²) in [6, 6.07) is 19.4. The van der Waals surface area contributed by atoms with Gasteiger partial charge in [-0.05, 0) is 24.3 Å². The van der Waals surface area contributed by atoms with Gasteiger partial charge in [0.1, 0.15) is 6.04 Å². The molecule has 1 unspecified atom stereocenters. The number of carbonyl (C=O) groups is 2. The minimum atomic E-state index is -0.244. The standard InChI is InChI=1S/C23H22N4O2/c28-22-21-15-27(13-12-26(21)11-10-24-22)23(29)18-6-3-5-17(14-18)20-9-8-16-4-1-2-7-19(16)25-20/h1-9,14,21H,10-13,15H2,(H,24,28). The maximum atomic E-state index is 13.1. The van der Waals surface area contributed by atoms with Crippen LogP contribution in [0, 0.1) is 0 Å². The summed E-state index contributed by atoms with van der Waals surface area (Å²) in [4.78, 5) is 34.0. The summed E-state index contributed by atoms with van der Waals surface area (Å²) in [6.45, 7) is 3.34. The van der Waals surface area contributed by atoms with Gasteiger partial charge in [-0.15, -0.1) is 0 Å². The smallest absolute Gasteiger partial charge is 0.253 e. The van der Waals surface area contributed by atoms with Gasteiger partial charge in [-0.2, -0.15) is 0 Å². The Balaban J connectivity index is 1.40. The topological polar surface area (TPSA) is 65.5 Å². The number of piperazine rings is 2. The van der Waals surface area contributed by atoms with Crippen LogP contribution in [0.15, 0.2) is 60.7 Å². The third-order valence-electron chi connectivity index (χ3n) is 5.78. The minimum absolute atomic E-state index is 0.0165. The Kier molecular flexibility index (Phi) is 4.48. The second-order valence-corrected chi connectivity index (χ2v) is 7.56. The van der Waals surface area contributed by atoms with Gasteiger partial charge in [-0.1, -0.05) is 36.4 Å². The molecule has 2 aliphatic heterocycles. The second-order valence-electron chi connectivity index (χ2n) is 7.56. The maximum absolute atomic E-state index is 13.1. The van der Waals surface area contributed by atoms with Crippen LogP contribution in [0.2, 0.25) is 0 Å². The molecule has 6 nitrogen and oxygen atoms in total. The fourth-order valence-electron chi connectivity index (χ4n) is 4.18. The second kappa shape index (κ2) is 7.29. The SMILES string of the molecule is O=C1NCCN2CCN(C(=O)c3cccc(-c4ccc5ccccc5n4)c3)CC12. The van der Waals surface area contributed by atoms with E-state index in [4.69, 9.17) is 4.98 Å². The highest BCUT2D eigenvalue weighted by atomic mass is 16.2. The van der Waals surface area contributed by atoms with Crippen LogP contribution in [0.5, 0.6) is 0 Å². The lowest BCUT2D eigenvalue weighted by molar-refractivity contribution is -0.131. The molecule has 2 aliphatic rings. The summed E-state index contributed by atoms with van der Waals surface area (Å²) in [5.41, 5.74) is 3.31. The van der Waals surface area contributed by atoms with Gasteiger partial charge in [0, 0.05) is 49.2 Å². The number of benzene rings is 2. The monoisotopic (exact) mass is 386 g/mol. The van der Waals surface area contributed by atoms with Crippen molar-refractivity contribution in [2.24, 2.45) is 0 Å². The number of aromatic nitrogens is 1. The highest BCUT2D eigenvalue weighted by Crippen LogP contribution is 2.23. The van der Waals surface area contributed by atoms with Crippen molar-refractivity contribution in [1.29, 1.82) is 0 Å². The number of hydrogen-bond donors (Lipinski definition) is 1. The first kappa shape index (κ1) is 17.8. The molecule has 0 radical (unpaired) electrons.